The van der Waals surface area contributed by atoms with E-state index in [1.807, 2.05) is 0 Å². The second kappa shape index (κ2) is 4.69. The fourth-order valence-corrected chi connectivity index (χ4v) is 2.53. The highest BCUT2D eigenvalue weighted by Gasteiger charge is 2.09. The van der Waals surface area contributed by atoms with E-state index < -0.39 is 0 Å². The third-order valence-electron chi connectivity index (χ3n) is 3.57. The van der Waals surface area contributed by atoms with Gasteiger partial charge in [0, 0.05) is 17.1 Å². The number of aromatic amines is 1. The van der Waals surface area contributed by atoms with Crippen LogP contribution >= 0.6 is 0 Å². The van der Waals surface area contributed by atoms with Crippen LogP contribution in [0.25, 0.3) is 10.9 Å². The Labute approximate surface area is 107 Å². The monoisotopic (exact) mass is 235 g/mol. The zero-order valence-electron chi connectivity index (χ0n) is 10.6. The van der Waals surface area contributed by atoms with Crippen LogP contribution in [0.4, 0.5) is 0 Å². The van der Waals surface area contributed by atoms with Crippen molar-refractivity contribution in [2.45, 2.75) is 19.3 Å². The minimum Gasteiger partial charge on any atom is -0.361 e. The fraction of sp³-hybridized carbons (Fsp3) is 0.176. The first-order chi connectivity index (χ1) is 8.84. The summed E-state index contributed by atoms with van der Waals surface area (Å²) in [7, 11) is 0. The smallest absolute Gasteiger partial charge is 0.0456 e. The highest BCUT2D eigenvalue weighted by molar-refractivity contribution is 5.83. The van der Waals surface area contributed by atoms with E-state index in [2.05, 4.69) is 72.7 Å². The van der Waals surface area contributed by atoms with Crippen LogP contribution in [0, 0.1) is 0 Å². The molecule has 0 fully saturated rings. The maximum atomic E-state index is 3.34. The van der Waals surface area contributed by atoms with Gasteiger partial charge in [0.05, 0.1) is 0 Å². The average Bonchev–Trinajstić information content (AvgIpc) is 2.83. The molecule has 2 aromatic carbocycles. The Morgan fingerprint density at radius 2 is 1.67 bits per heavy atom. The molecule has 90 valence electrons. The molecule has 0 bridgehead atoms. The number of hydrogen-bond acceptors (Lipinski definition) is 0. The summed E-state index contributed by atoms with van der Waals surface area (Å²) >= 11 is 0. The molecule has 0 saturated heterocycles. The maximum absolute atomic E-state index is 3.34. The maximum Gasteiger partial charge on any atom is 0.0456 e. The molecular weight excluding hydrogens is 218 g/mol. The molecule has 3 rings (SSSR count). The summed E-state index contributed by atoms with van der Waals surface area (Å²) in [4.78, 5) is 3.34. The first-order valence-electron chi connectivity index (χ1n) is 6.44. The van der Waals surface area contributed by atoms with Gasteiger partial charge in [0.15, 0.2) is 0 Å². The molecule has 0 aliphatic heterocycles. The van der Waals surface area contributed by atoms with E-state index in [4.69, 9.17) is 0 Å². The lowest BCUT2D eigenvalue weighted by Gasteiger charge is -2.11. The summed E-state index contributed by atoms with van der Waals surface area (Å²) in [5.74, 6) is 0.547. The Balaban J connectivity index is 1.89. The molecule has 1 unspecified atom stereocenters. The number of H-pyrrole nitrogens is 1. The summed E-state index contributed by atoms with van der Waals surface area (Å²) in [5, 5.41) is 1.35. The van der Waals surface area contributed by atoms with Gasteiger partial charge in [-0.15, -0.1) is 0 Å². The zero-order chi connectivity index (χ0) is 12.4. The van der Waals surface area contributed by atoms with Gasteiger partial charge in [-0.3, -0.25) is 0 Å². The number of fused-ring (bicyclic) bond motifs is 1. The molecule has 1 nitrogen and oxygen atoms in total. The summed E-state index contributed by atoms with van der Waals surface area (Å²) < 4.78 is 0. The van der Waals surface area contributed by atoms with Crippen LogP contribution in [0.2, 0.25) is 0 Å². The highest BCUT2D eigenvalue weighted by Crippen LogP contribution is 2.25. The molecule has 0 aliphatic rings. The first-order valence-corrected chi connectivity index (χ1v) is 6.44. The van der Waals surface area contributed by atoms with Gasteiger partial charge >= 0.3 is 0 Å². The predicted molar refractivity (Wildman–Crippen MR) is 76.9 cm³/mol. The molecular formula is C17H17N. The van der Waals surface area contributed by atoms with Crippen LogP contribution in [-0.2, 0) is 6.42 Å². The second-order valence-corrected chi connectivity index (χ2v) is 4.88. The number of hydrogen-bond donors (Lipinski definition) is 1. The third kappa shape index (κ3) is 2.04. The molecule has 1 N–H and O–H groups in total. The Bertz CT molecular complexity index is 637. The van der Waals surface area contributed by atoms with Crippen LogP contribution in [0.1, 0.15) is 24.0 Å². The number of aromatic nitrogens is 1. The molecule has 0 spiro atoms. The van der Waals surface area contributed by atoms with Gasteiger partial charge in [0.1, 0.15) is 0 Å². The first kappa shape index (κ1) is 11.1. The van der Waals surface area contributed by atoms with Crippen LogP contribution in [0.3, 0.4) is 0 Å². The minimum atomic E-state index is 0.547. The van der Waals surface area contributed by atoms with Gasteiger partial charge in [-0.05, 0) is 29.5 Å². The molecule has 0 saturated carbocycles. The SMILES string of the molecule is CC(Cc1c[nH]c2ccccc12)c1ccccc1. The second-order valence-electron chi connectivity index (χ2n) is 4.88. The van der Waals surface area contributed by atoms with Crippen LogP contribution < -0.4 is 0 Å². The van der Waals surface area contributed by atoms with E-state index in [0.29, 0.717) is 5.92 Å². The molecule has 1 heteroatoms. The van der Waals surface area contributed by atoms with Crippen molar-refractivity contribution >= 4 is 10.9 Å². The Hall–Kier alpha value is -2.02. The Morgan fingerprint density at radius 1 is 0.944 bits per heavy atom. The Morgan fingerprint density at radius 3 is 2.50 bits per heavy atom. The van der Waals surface area contributed by atoms with Crippen molar-refractivity contribution in [3.8, 4) is 0 Å². The summed E-state index contributed by atoms with van der Waals surface area (Å²) in [6, 6.07) is 19.2. The molecule has 1 atom stereocenters. The van der Waals surface area contributed by atoms with Crippen molar-refractivity contribution in [2.75, 3.05) is 0 Å². The van der Waals surface area contributed by atoms with Gasteiger partial charge in [0.2, 0.25) is 0 Å². The van der Waals surface area contributed by atoms with E-state index in [1.54, 1.807) is 0 Å². The highest BCUT2D eigenvalue weighted by atomic mass is 14.7. The van der Waals surface area contributed by atoms with Crippen molar-refractivity contribution in [3.05, 3.63) is 71.9 Å². The topological polar surface area (TPSA) is 15.8 Å². The Kier molecular flexibility index (Phi) is 2.89. The van der Waals surface area contributed by atoms with Crippen molar-refractivity contribution in [1.82, 2.24) is 4.98 Å². The lowest BCUT2D eigenvalue weighted by atomic mass is 9.94. The van der Waals surface area contributed by atoms with E-state index in [1.165, 1.54) is 22.0 Å². The fourth-order valence-electron chi connectivity index (χ4n) is 2.53. The number of nitrogens with one attached hydrogen (secondary N) is 1. The molecule has 1 aromatic heterocycles. The normalized spacial score (nSPS) is 12.7. The van der Waals surface area contributed by atoms with E-state index in [-0.39, 0.29) is 0 Å². The van der Waals surface area contributed by atoms with Crippen LogP contribution in [0.5, 0.6) is 0 Å². The standard InChI is InChI=1S/C17H17N/c1-13(14-7-3-2-4-8-14)11-15-12-18-17-10-6-5-9-16(15)17/h2-10,12-13,18H,11H2,1H3. The lowest BCUT2D eigenvalue weighted by molar-refractivity contribution is 0.763. The number of benzene rings is 2. The third-order valence-corrected chi connectivity index (χ3v) is 3.57. The minimum absolute atomic E-state index is 0.547. The van der Waals surface area contributed by atoms with Crippen molar-refractivity contribution < 1.29 is 0 Å². The van der Waals surface area contributed by atoms with Gasteiger partial charge in [-0.25, -0.2) is 0 Å². The zero-order valence-corrected chi connectivity index (χ0v) is 10.6. The van der Waals surface area contributed by atoms with E-state index in [0.717, 1.165) is 6.42 Å². The summed E-state index contributed by atoms with van der Waals surface area (Å²) in [5.41, 5.74) is 4.04. The molecule has 18 heavy (non-hydrogen) atoms. The van der Waals surface area contributed by atoms with Crippen LogP contribution in [-0.4, -0.2) is 4.98 Å². The lowest BCUT2D eigenvalue weighted by Crippen LogP contribution is -1.97. The molecule has 3 aromatic rings. The van der Waals surface area contributed by atoms with Crippen molar-refractivity contribution in [1.29, 1.82) is 0 Å². The largest absolute Gasteiger partial charge is 0.361 e. The van der Waals surface area contributed by atoms with Gasteiger partial charge in [0.25, 0.3) is 0 Å². The summed E-state index contributed by atoms with van der Waals surface area (Å²) in [6.45, 7) is 2.29. The van der Waals surface area contributed by atoms with Crippen molar-refractivity contribution in [3.63, 3.8) is 0 Å². The van der Waals surface area contributed by atoms with Gasteiger partial charge in [-0.1, -0.05) is 55.5 Å². The quantitative estimate of drug-likeness (QED) is 0.687. The summed E-state index contributed by atoms with van der Waals surface area (Å²) in [6.07, 6.45) is 3.22. The van der Waals surface area contributed by atoms with Crippen LogP contribution in [0.15, 0.2) is 60.8 Å². The van der Waals surface area contributed by atoms with Gasteiger partial charge < -0.3 is 4.98 Å². The number of rotatable bonds is 3. The molecule has 0 aliphatic carbocycles. The molecule has 0 amide bonds. The molecule has 1 heterocycles. The number of para-hydroxylation sites is 1. The van der Waals surface area contributed by atoms with E-state index >= 15 is 0 Å². The molecule has 0 radical (unpaired) electrons. The van der Waals surface area contributed by atoms with Gasteiger partial charge in [-0.2, -0.15) is 0 Å². The average molecular weight is 235 g/mol. The predicted octanol–water partition coefficient (Wildman–Crippen LogP) is 4.51. The van der Waals surface area contributed by atoms with E-state index in [9.17, 15) is 0 Å². The van der Waals surface area contributed by atoms with Crippen molar-refractivity contribution in [2.24, 2.45) is 0 Å².